The molecular weight excluding hydrogens is 1220 g/mol. The number of hydrogen-bond acceptors (Lipinski definition) is 20. The van der Waals surface area contributed by atoms with Crippen molar-refractivity contribution in [2.24, 2.45) is 0 Å². The molecule has 3 fully saturated rings. The highest BCUT2D eigenvalue weighted by Crippen LogP contribution is 2.39. The van der Waals surface area contributed by atoms with Crippen LogP contribution in [0.15, 0.2) is 24.3 Å². The van der Waals surface area contributed by atoms with E-state index in [0.29, 0.717) is 12.8 Å². The highest BCUT2D eigenvalue weighted by Gasteiger charge is 2.60. The molecule has 3 aliphatic rings. The van der Waals surface area contributed by atoms with Crippen LogP contribution in [0.5, 0.6) is 0 Å². The van der Waals surface area contributed by atoms with Crippen LogP contribution in [0.3, 0.4) is 0 Å². The number of rotatable bonds is 56. The number of ether oxygens (including phenoxy) is 6. The predicted molar refractivity (Wildman–Crippen MR) is 357 cm³/mol. The Hall–Kier alpha value is -2.79. The number of aliphatic carboxylic acids is 1. The second-order valence-corrected chi connectivity index (χ2v) is 26.8. The summed E-state index contributed by atoms with van der Waals surface area (Å²) in [5.41, 5.74) is 0. The van der Waals surface area contributed by atoms with E-state index >= 15 is 0 Å². The molecule has 0 saturated carbocycles. The van der Waals surface area contributed by atoms with E-state index in [1.165, 1.54) is 154 Å². The minimum Gasteiger partial charge on any atom is -0.477 e. The van der Waals surface area contributed by atoms with Crippen LogP contribution in [-0.2, 0) is 42.8 Å². The molecule has 3 heterocycles. The maximum absolute atomic E-state index is 13.5. The van der Waals surface area contributed by atoms with E-state index in [2.05, 4.69) is 36.6 Å². The van der Waals surface area contributed by atoms with Gasteiger partial charge in [0.05, 0.1) is 50.7 Å². The average Bonchev–Trinajstić information content (AvgIpc) is 0.761. The molecule has 3 rings (SSSR count). The summed E-state index contributed by atoms with van der Waals surface area (Å²) in [7, 11) is 0. The van der Waals surface area contributed by atoms with Gasteiger partial charge < -0.3 is 100 Å². The largest absolute Gasteiger partial charge is 0.477 e. The number of nitrogens with one attached hydrogen (secondary N) is 2. The van der Waals surface area contributed by atoms with Crippen molar-refractivity contribution in [2.75, 3.05) is 26.4 Å². The van der Waals surface area contributed by atoms with Crippen LogP contribution in [-0.4, -0.2) is 215 Å². The van der Waals surface area contributed by atoms with Crippen LogP contribution in [0, 0.1) is 0 Å². The van der Waals surface area contributed by atoms with E-state index in [1.807, 2.05) is 6.08 Å². The van der Waals surface area contributed by atoms with Crippen LogP contribution in [0.2, 0.25) is 0 Å². The van der Waals surface area contributed by atoms with Crippen LogP contribution in [0.25, 0.3) is 0 Å². The van der Waals surface area contributed by atoms with Gasteiger partial charge in [0, 0.05) is 19.8 Å². The Bertz CT molecular complexity index is 1990. The first-order valence-corrected chi connectivity index (χ1v) is 36.7. The molecule has 0 aromatic rings. The van der Waals surface area contributed by atoms with Crippen molar-refractivity contribution in [2.45, 2.75) is 381 Å². The second-order valence-electron chi connectivity index (χ2n) is 26.8. The number of carboxylic acids is 1. The molecule has 23 heteroatoms. The first-order chi connectivity index (χ1) is 45.4. The molecule has 18 unspecified atom stereocenters. The van der Waals surface area contributed by atoms with Gasteiger partial charge in [-0.3, -0.25) is 9.59 Å². The first kappa shape index (κ1) is 85.4. The molecule has 0 aromatic carbocycles. The Kier molecular flexibility index (Phi) is 46.7. The van der Waals surface area contributed by atoms with Crippen molar-refractivity contribution in [3.63, 3.8) is 0 Å². The van der Waals surface area contributed by atoms with Crippen molar-refractivity contribution >= 4 is 17.8 Å². The topological polar surface area (TPSA) is 373 Å². The number of hydrogen-bond donors (Lipinski definition) is 14. The van der Waals surface area contributed by atoms with E-state index in [4.69, 9.17) is 28.4 Å². The van der Waals surface area contributed by atoms with Gasteiger partial charge in [0.2, 0.25) is 11.8 Å². The fraction of sp³-hybridized carbons (Fsp3) is 0.901. The second kappa shape index (κ2) is 51.4. The van der Waals surface area contributed by atoms with Crippen LogP contribution in [0.4, 0.5) is 0 Å². The minimum atomic E-state index is -3.08. The summed E-state index contributed by atoms with van der Waals surface area (Å²) in [6.07, 6.45) is 23.5. The van der Waals surface area contributed by atoms with Gasteiger partial charge >= 0.3 is 5.97 Å². The van der Waals surface area contributed by atoms with Crippen LogP contribution < -0.4 is 10.6 Å². The molecule has 0 aliphatic carbocycles. The zero-order valence-electron chi connectivity index (χ0n) is 57.6. The number of carboxylic acid groups (broad SMARTS) is 1. The van der Waals surface area contributed by atoms with Crippen molar-refractivity contribution in [3.8, 4) is 0 Å². The summed E-state index contributed by atoms with van der Waals surface area (Å²) in [5.74, 6) is -6.14. The molecule has 0 bridgehead atoms. The monoisotopic (exact) mass is 1350 g/mol. The summed E-state index contributed by atoms with van der Waals surface area (Å²) >= 11 is 0. The van der Waals surface area contributed by atoms with Crippen molar-refractivity contribution in [1.82, 2.24) is 10.6 Å². The van der Waals surface area contributed by atoms with Gasteiger partial charge in [0.15, 0.2) is 12.6 Å². The molecule has 94 heavy (non-hydrogen) atoms. The molecule has 2 amide bonds. The summed E-state index contributed by atoms with van der Waals surface area (Å²) < 4.78 is 34.8. The molecular formula is C71H130N2O21. The zero-order chi connectivity index (χ0) is 68.9. The van der Waals surface area contributed by atoms with E-state index < -0.39 is 155 Å². The van der Waals surface area contributed by atoms with Gasteiger partial charge in [-0.1, -0.05) is 231 Å². The third kappa shape index (κ3) is 32.9. The Morgan fingerprint density at radius 3 is 1.45 bits per heavy atom. The molecule has 3 aliphatic heterocycles. The Balaban J connectivity index is 1.58. The summed E-state index contributed by atoms with van der Waals surface area (Å²) in [5, 5.41) is 136. The maximum Gasteiger partial charge on any atom is 0.364 e. The number of carbonyl (C=O) groups excluding carboxylic acids is 2. The Morgan fingerprint density at radius 2 is 1.00 bits per heavy atom. The molecule has 23 nitrogen and oxygen atoms in total. The first-order valence-electron chi connectivity index (χ1n) is 36.7. The summed E-state index contributed by atoms with van der Waals surface area (Å²) in [6, 6.07) is -2.62. The van der Waals surface area contributed by atoms with E-state index in [1.54, 1.807) is 6.08 Å². The SMILES string of the molecule is CCCCCCCCCCCCC/C=C\CCCCCCCCCC(=O)NC(COC1OC(CO)C(OC2OC(CO)C(O)C(OC3(C(=O)O)CC(O)C(NC(C)=O)C(C(O)C(O)CO)O3)C2O)C(O)C1O)C(O)/C=C/CCCCCCCCCCCCCCCCCC. The lowest BCUT2D eigenvalue weighted by Crippen LogP contribution is -2.70. The lowest BCUT2D eigenvalue weighted by Gasteiger charge is -2.50. The number of allylic oxidation sites excluding steroid dienone is 3. The van der Waals surface area contributed by atoms with Gasteiger partial charge in [-0.05, 0) is 44.9 Å². The smallest absolute Gasteiger partial charge is 0.364 e. The Labute approximate surface area is 562 Å². The number of aliphatic hydroxyl groups excluding tert-OH is 11. The van der Waals surface area contributed by atoms with Gasteiger partial charge in [-0.25, -0.2) is 4.79 Å². The molecule has 0 aromatic heterocycles. The lowest BCUT2D eigenvalue weighted by atomic mass is 9.88. The average molecular weight is 1350 g/mol. The number of carbonyl (C=O) groups is 3. The number of unbranched alkanes of at least 4 members (excludes halogenated alkanes) is 34. The van der Waals surface area contributed by atoms with Crippen LogP contribution >= 0.6 is 0 Å². The molecule has 550 valence electrons. The van der Waals surface area contributed by atoms with E-state index in [-0.39, 0.29) is 12.3 Å². The third-order valence-electron chi connectivity index (χ3n) is 18.6. The predicted octanol–water partition coefficient (Wildman–Crippen LogP) is 7.62. The maximum atomic E-state index is 13.5. The fourth-order valence-corrected chi connectivity index (χ4v) is 12.8. The fourth-order valence-electron chi connectivity index (χ4n) is 12.8. The molecule has 0 spiro atoms. The quantitative estimate of drug-likeness (QED) is 0.0205. The summed E-state index contributed by atoms with van der Waals surface area (Å²) in [6.45, 7) is 2.16. The highest BCUT2D eigenvalue weighted by molar-refractivity contribution is 5.77. The normalized spacial score (nSPS) is 28.0. The van der Waals surface area contributed by atoms with E-state index in [0.717, 1.165) is 77.6 Å². The number of amides is 2. The van der Waals surface area contributed by atoms with Gasteiger partial charge in [0.1, 0.15) is 67.1 Å². The van der Waals surface area contributed by atoms with Gasteiger partial charge in [-0.15, -0.1) is 0 Å². The van der Waals surface area contributed by atoms with Gasteiger partial charge in [0.25, 0.3) is 5.79 Å². The molecule has 18 atom stereocenters. The van der Waals surface area contributed by atoms with E-state index in [9.17, 15) is 75.7 Å². The van der Waals surface area contributed by atoms with Crippen molar-refractivity contribution < 1.29 is 104 Å². The zero-order valence-corrected chi connectivity index (χ0v) is 57.6. The van der Waals surface area contributed by atoms with Crippen molar-refractivity contribution in [3.05, 3.63) is 24.3 Å². The Morgan fingerprint density at radius 1 is 0.553 bits per heavy atom. The highest BCUT2D eigenvalue weighted by atomic mass is 16.8. The summed E-state index contributed by atoms with van der Waals surface area (Å²) in [4.78, 5) is 38.6. The molecule has 3 saturated heterocycles. The lowest BCUT2D eigenvalue weighted by molar-refractivity contribution is -0.386. The minimum absolute atomic E-state index is 0.196. The van der Waals surface area contributed by atoms with Crippen molar-refractivity contribution in [1.29, 1.82) is 0 Å². The van der Waals surface area contributed by atoms with Crippen LogP contribution in [0.1, 0.15) is 271 Å². The standard InChI is InChI=1S/C71H130N2O21/c1-4-6-8-10-12-14-16-18-20-22-24-25-26-27-29-31-33-35-37-39-41-43-45-58(81)73-52(53(78)44-42-40-38-36-34-32-30-28-23-21-19-17-15-13-11-9-7-5-2)50-89-68-63(85)62(84)65(57(49-76)91-68)92-69-64(86)67(61(83)56(48-75)90-69)94-71(70(87)88)46-54(79)59(72-51(3)77)66(93-71)60(82)55(80)47-74/h26-27,42,44,52-57,59-69,74-76,78-80,82-86H,4-25,28-41,43,45-50H2,1-3H3,(H,72,77)(H,73,81)(H,87,88)/b27-26-,44-42+. The molecule has 14 N–H and O–H groups in total. The number of aliphatic hydroxyl groups is 11. The molecule has 0 radical (unpaired) electrons. The van der Waals surface area contributed by atoms with Gasteiger partial charge in [-0.2, -0.15) is 0 Å². The third-order valence-corrected chi connectivity index (χ3v) is 18.6.